The zero-order chi connectivity index (χ0) is 12.4. The average molecular weight is 251 g/mol. The van der Waals surface area contributed by atoms with Gasteiger partial charge < -0.3 is 5.11 Å². The molecule has 2 rings (SSSR count). The molecule has 0 spiro atoms. The highest BCUT2D eigenvalue weighted by atomic mass is 32.1. The van der Waals surface area contributed by atoms with Gasteiger partial charge in [0, 0.05) is 6.20 Å². The van der Waals surface area contributed by atoms with E-state index in [0.29, 0.717) is 10.7 Å². The van der Waals surface area contributed by atoms with Crippen LogP contribution in [0.2, 0.25) is 0 Å². The Morgan fingerprint density at radius 3 is 2.59 bits per heavy atom. The number of carboxylic acid groups (broad SMARTS) is 1. The molecule has 0 saturated heterocycles. The first kappa shape index (κ1) is 11.1. The van der Waals surface area contributed by atoms with Gasteiger partial charge in [0.1, 0.15) is 11.2 Å². The molecule has 2 aromatic rings. The van der Waals surface area contributed by atoms with Gasteiger partial charge in [0.05, 0.1) is 16.2 Å². The van der Waals surface area contributed by atoms with Gasteiger partial charge in [-0.3, -0.25) is 15.1 Å². The quantitative estimate of drug-likeness (QED) is 0.658. The predicted molar refractivity (Wildman–Crippen MR) is 59.0 cm³/mol. The minimum Gasteiger partial charge on any atom is -0.478 e. The molecule has 2 aromatic heterocycles. The summed E-state index contributed by atoms with van der Waals surface area (Å²) in [6, 6.07) is 2.84. The molecule has 8 heteroatoms. The van der Waals surface area contributed by atoms with E-state index in [-0.39, 0.29) is 10.6 Å². The van der Waals surface area contributed by atoms with E-state index in [4.69, 9.17) is 5.11 Å². The number of thiazole rings is 1. The fourth-order valence-corrected chi connectivity index (χ4v) is 1.82. The van der Waals surface area contributed by atoms with E-state index in [1.165, 1.54) is 18.3 Å². The maximum absolute atomic E-state index is 10.6. The summed E-state index contributed by atoms with van der Waals surface area (Å²) in [6.45, 7) is 0. The van der Waals surface area contributed by atoms with Crippen molar-refractivity contribution < 1.29 is 14.8 Å². The normalized spacial score (nSPS) is 10.1. The second kappa shape index (κ2) is 4.26. The lowest BCUT2D eigenvalue weighted by Crippen LogP contribution is -1.96. The van der Waals surface area contributed by atoms with E-state index < -0.39 is 10.9 Å². The van der Waals surface area contributed by atoms with Crippen LogP contribution in [0, 0.1) is 10.1 Å². The van der Waals surface area contributed by atoms with Crippen LogP contribution in [-0.2, 0) is 0 Å². The van der Waals surface area contributed by atoms with Crippen LogP contribution in [0.1, 0.15) is 10.4 Å². The third-order valence-electron chi connectivity index (χ3n) is 1.90. The number of hydrogen-bond donors (Lipinski definition) is 1. The van der Waals surface area contributed by atoms with Crippen LogP contribution < -0.4 is 0 Å². The van der Waals surface area contributed by atoms with Gasteiger partial charge >= 0.3 is 11.0 Å². The van der Waals surface area contributed by atoms with E-state index in [1.54, 1.807) is 0 Å². The van der Waals surface area contributed by atoms with Crippen molar-refractivity contribution in [2.24, 2.45) is 0 Å². The van der Waals surface area contributed by atoms with E-state index in [1.807, 2.05) is 0 Å². The van der Waals surface area contributed by atoms with Gasteiger partial charge in [-0.2, -0.15) is 0 Å². The maximum atomic E-state index is 10.6. The number of carboxylic acids is 1. The zero-order valence-corrected chi connectivity index (χ0v) is 9.05. The minimum atomic E-state index is -1.07. The molecule has 0 aliphatic carbocycles. The molecule has 7 nitrogen and oxygen atoms in total. The van der Waals surface area contributed by atoms with Crippen molar-refractivity contribution in [2.75, 3.05) is 0 Å². The smallest absolute Gasteiger partial charge is 0.344 e. The van der Waals surface area contributed by atoms with Crippen molar-refractivity contribution in [1.29, 1.82) is 0 Å². The Morgan fingerprint density at radius 1 is 1.35 bits per heavy atom. The van der Waals surface area contributed by atoms with Crippen molar-refractivity contribution in [3.05, 3.63) is 40.2 Å². The molecule has 1 N–H and O–H groups in total. The molecular formula is C9H5N3O4S. The van der Waals surface area contributed by atoms with Crippen LogP contribution in [0.4, 0.5) is 5.00 Å². The van der Waals surface area contributed by atoms with Crippen LogP contribution in [0.25, 0.3) is 10.7 Å². The minimum absolute atomic E-state index is 0.0554. The van der Waals surface area contributed by atoms with Gasteiger partial charge in [-0.15, -0.1) is 0 Å². The zero-order valence-electron chi connectivity index (χ0n) is 8.23. The largest absolute Gasteiger partial charge is 0.478 e. The Kier molecular flexibility index (Phi) is 2.79. The van der Waals surface area contributed by atoms with Crippen LogP contribution >= 0.6 is 11.3 Å². The molecule has 0 amide bonds. The molecular weight excluding hydrogens is 246 g/mol. The monoisotopic (exact) mass is 251 g/mol. The SMILES string of the molecule is O=C(O)c1ccc(-c2ncc([N+](=O)[O-])s2)nc1. The fourth-order valence-electron chi connectivity index (χ4n) is 1.12. The van der Waals surface area contributed by atoms with Crippen LogP contribution in [-0.4, -0.2) is 26.0 Å². The van der Waals surface area contributed by atoms with Gasteiger partial charge in [0.15, 0.2) is 0 Å². The lowest BCUT2D eigenvalue weighted by molar-refractivity contribution is -0.380. The highest BCUT2D eigenvalue weighted by Gasteiger charge is 2.14. The number of nitrogens with zero attached hydrogens (tertiary/aromatic N) is 3. The van der Waals surface area contributed by atoms with Gasteiger partial charge in [-0.05, 0) is 23.5 Å². The first-order valence-electron chi connectivity index (χ1n) is 4.38. The van der Waals surface area contributed by atoms with E-state index in [2.05, 4.69) is 9.97 Å². The predicted octanol–water partition coefficient (Wildman–Crippen LogP) is 1.81. The fraction of sp³-hybridized carbons (Fsp3) is 0. The third-order valence-corrected chi connectivity index (χ3v) is 2.87. The molecule has 0 saturated carbocycles. The Hall–Kier alpha value is -2.35. The molecule has 0 radical (unpaired) electrons. The topological polar surface area (TPSA) is 106 Å². The molecule has 2 heterocycles. The Bertz CT molecular complexity index is 578. The molecule has 0 fully saturated rings. The average Bonchev–Trinajstić information content (AvgIpc) is 2.78. The summed E-state index contributed by atoms with van der Waals surface area (Å²) in [5, 5.41) is 19.5. The van der Waals surface area contributed by atoms with Crippen molar-refractivity contribution in [3.8, 4) is 10.7 Å². The van der Waals surface area contributed by atoms with Crippen LogP contribution in [0.5, 0.6) is 0 Å². The number of nitro groups is 1. The number of hydrogen-bond acceptors (Lipinski definition) is 6. The first-order valence-corrected chi connectivity index (χ1v) is 5.19. The highest BCUT2D eigenvalue weighted by molar-refractivity contribution is 7.18. The van der Waals surface area contributed by atoms with E-state index >= 15 is 0 Å². The summed E-state index contributed by atoms with van der Waals surface area (Å²) in [6.07, 6.45) is 2.33. The first-order chi connectivity index (χ1) is 8.08. The second-order valence-corrected chi connectivity index (χ2v) is 4.01. The van der Waals surface area contributed by atoms with Crippen LogP contribution in [0.3, 0.4) is 0 Å². The van der Waals surface area contributed by atoms with Gasteiger partial charge in [-0.25, -0.2) is 9.78 Å². The highest BCUT2D eigenvalue weighted by Crippen LogP contribution is 2.28. The number of rotatable bonds is 3. The summed E-state index contributed by atoms with van der Waals surface area (Å²) in [5.41, 5.74) is 0.466. The summed E-state index contributed by atoms with van der Waals surface area (Å²) in [4.78, 5) is 28.3. The second-order valence-electron chi connectivity index (χ2n) is 3.00. The van der Waals surface area contributed by atoms with E-state index in [0.717, 1.165) is 17.5 Å². The van der Waals surface area contributed by atoms with Gasteiger partial charge in [0.25, 0.3) is 0 Å². The summed E-state index contributed by atoms with van der Waals surface area (Å²) in [5.74, 6) is -1.07. The summed E-state index contributed by atoms with van der Waals surface area (Å²) >= 11 is 0.888. The Balaban J connectivity index is 2.33. The molecule has 0 unspecified atom stereocenters. The summed E-state index contributed by atoms with van der Waals surface area (Å²) in [7, 11) is 0. The third kappa shape index (κ3) is 2.26. The van der Waals surface area contributed by atoms with Crippen molar-refractivity contribution in [1.82, 2.24) is 9.97 Å². The molecule has 0 atom stereocenters. The lowest BCUT2D eigenvalue weighted by Gasteiger charge is -1.95. The van der Waals surface area contributed by atoms with Crippen molar-refractivity contribution in [2.45, 2.75) is 0 Å². The standard InChI is InChI=1S/C9H5N3O4S/c13-9(14)5-1-2-6(10-3-5)8-11-4-7(17-8)12(15)16/h1-4H,(H,13,14). The molecule has 0 aromatic carbocycles. The van der Waals surface area contributed by atoms with Gasteiger partial charge in [0.2, 0.25) is 0 Å². The Labute approximate surface area is 98.5 Å². The molecule has 0 aliphatic heterocycles. The van der Waals surface area contributed by atoms with Crippen LogP contribution in [0.15, 0.2) is 24.5 Å². The summed E-state index contributed by atoms with van der Waals surface area (Å²) < 4.78 is 0. The van der Waals surface area contributed by atoms with Crippen molar-refractivity contribution >= 4 is 22.3 Å². The van der Waals surface area contributed by atoms with Gasteiger partial charge in [-0.1, -0.05) is 0 Å². The molecule has 17 heavy (non-hydrogen) atoms. The Morgan fingerprint density at radius 2 is 2.12 bits per heavy atom. The van der Waals surface area contributed by atoms with E-state index in [9.17, 15) is 14.9 Å². The number of aromatic carboxylic acids is 1. The van der Waals surface area contributed by atoms with Crippen molar-refractivity contribution in [3.63, 3.8) is 0 Å². The number of carbonyl (C=O) groups is 1. The molecule has 0 bridgehead atoms. The number of aromatic nitrogens is 2. The number of pyridine rings is 1. The molecule has 0 aliphatic rings. The lowest BCUT2D eigenvalue weighted by atomic mass is 10.2. The maximum Gasteiger partial charge on any atom is 0.344 e. The molecule has 86 valence electrons.